The molecule has 1 aliphatic rings. The Morgan fingerprint density at radius 1 is 1.13 bits per heavy atom. The van der Waals surface area contributed by atoms with Gasteiger partial charge in [0.15, 0.2) is 0 Å². The van der Waals surface area contributed by atoms with Crippen LogP contribution in [-0.4, -0.2) is 33.8 Å². The highest BCUT2D eigenvalue weighted by Crippen LogP contribution is 2.22. The van der Waals surface area contributed by atoms with Crippen molar-refractivity contribution in [1.29, 1.82) is 5.26 Å². The lowest BCUT2D eigenvalue weighted by molar-refractivity contribution is -0.125. The Morgan fingerprint density at radius 3 is 2.53 bits per heavy atom. The minimum atomic E-state index is 0.0266. The smallest absolute Gasteiger partial charge is 0.223 e. The molecule has 1 saturated heterocycles. The quantitative estimate of drug-likeness (QED) is 0.687. The number of pyridine rings is 1. The molecule has 4 rings (SSSR count). The number of carbonyl (C=O) groups excluding carboxylic acids is 1. The van der Waals surface area contributed by atoms with Crippen LogP contribution in [0.15, 0.2) is 61.1 Å². The van der Waals surface area contributed by atoms with Gasteiger partial charge in [0.1, 0.15) is 11.9 Å². The summed E-state index contributed by atoms with van der Waals surface area (Å²) >= 11 is 0. The summed E-state index contributed by atoms with van der Waals surface area (Å²) in [6.07, 6.45) is 6.91. The van der Waals surface area contributed by atoms with Crippen LogP contribution in [0.3, 0.4) is 0 Å². The zero-order chi connectivity index (χ0) is 20.8. The van der Waals surface area contributed by atoms with Gasteiger partial charge in [-0.05, 0) is 42.2 Å². The van der Waals surface area contributed by atoms with E-state index >= 15 is 0 Å². The summed E-state index contributed by atoms with van der Waals surface area (Å²) in [5.41, 5.74) is 2.83. The number of benzene rings is 1. The van der Waals surface area contributed by atoms with Crippen LogP contribution in [0.25, 0.3) is 0 Å². The Labute approximate surface area is 176 Å². The van der Waals surface area contributed by atoms with E-state index in [4.69, 9.17) is 5.26 Å². The monoisotopic (exact) mass is 400 g/mol. The van der Waals surface area contributed by atoms with Gasteiger partial charge in [-0.1, -0.05) is 24.3 Å². The number of piperidine rings is 1. The Kier molecular flexibility index (Phi) is 6.04. The summed E-state index contributed by atoms with van der Waals surface area (Å²) in [5.74, 6) is 1.00. The van der Waals surface area contributed by atoms with Crippen molar-refractivity contribution < 1.29 is 4.79 Å². The van der Waals surface area contributed by atoms with E-state index in [1.807, 2.05) is 23.0 Å². The van der Waals surface area contributed by atoms with Gasteiger partial charge in [-0.3, -0.25) is 9.48 Å². The fourth-order valence-corrected chi connectivity index (χ4v) is 3.69. The van der Waals surface area contributed by atoms with Gasteiger partial charge in [0.05, 0.1) is 12.1 Å². The molecule has 0 atom stereocenters. The number of amides is 1. The number of carbonyl (C=O) groups is 1. The summed E-state index contributed by atoms with van der Waals surface area (Å²) in [6.45, 7) is 2.86. The lowest BCUT2D eigenvalue weighted by Gasteiger charge is -2.32. The average Bonchev–Trinajstić information content (AvgIpc) is 3.32. The number of rotatable bonds is 6. The molecule has 0 saturated carbocycles. The average molecular weight is 400 g/mol. The second-order valence-corrected chi connectivity index (χ2v) is 7.52. The minimum absolute atomic E-state index is 0.0266. The van der Waals surface area contributed by atoms with Crippen LogP contribution in [0.1, 0.15) is 29.5 Å². The molecule has 152 valence electrons. The van der Waals surface area contributed by atoms with Crippen molar-refractivity contribution in [2.45, 2.75) is 25.9 Å². The molecule has 1 aliphatic heterocycles. The van der Waals surface area contributed by atoms with Gasteiger partial charge in [0.25, 0.3) is 0 Å². The van der Waals surface area contributed by atoms with Crippen LogP contribution in [0.4, 0.5) is 5.82 Å². The summed E-state index contributed by atoms with van der Waals surface area (Å²) < 4.78 is 1.89. The third-order valence-corrected chi connectivity index (χ3v) is 5.46. The minimum Gasteiger partial charge on any atom is -0.357 e. The van der Waals surface area contributed by atoms with E-state index < -0.39 is 0 Å². The molecule has 0 unspecified atom stereocenters. The van der Waals surface area contributed by atoms with Crippen molar-refractivity contribution in [2.24, 2.45) is 5.92 Å². The Morgan fingerprint density at radius 2 is 1.90 bits per heavy atom. The zero-order valence-electron chi connectivity index (χ0n) is 16.7. The van der Waals surface area contributed by atoms with Gasteiger partial charge in [-0.15, -0.1) is 0 Å². The van der Waals surface area contributed by atoms with Crippen LogP contribution in [-0.2, 0) is 17.9 Å². The molecular formula is C23H24N6O. The van der Waals surface area contributed by atoms with E-state index in [-0.39, 0.29) is 11.8 Å². The molecule has 1 aromatic carbocycles. The molecule has 2 aromatic heterocycles. The van der Waals surface area contributed by atoms with Gasteiger partial charge in [-0.2, -0.15) is 10.4 Å². The maximum atomic E-state index is 12.6. The van der Waals surface area contributed by atoms with E-state index in [0.29, 0.717) is 12.1 Å². The van der Waals surface area contributed by atoms with Crippen molar-refractivity contribution in [2.75, 3.05) is 18.0 Å². The number of nitrogens with zero attached hydrogens (tertiary/aromatic N) is 5. The fraction of sp³-hybridized carbons (Fsp3) is 0.304. The van der Waals surface area contributed by atoms with Gasteiger partial charge in [0, 0.05) is 44.1 Å². The van der Waals surface area contributed by atoms with Crippen molar-refractivity contribution in [3.63, 3.8) is 0 Å². The number of anilines is 1. The van der Waals surface area contributed by atoms with Crippen molar-refractivity contribution in [3.8, 4) is 6.07 Å². The number of nitrogens with one attached hydrogen (secondary N) is 1. The highest BCUT2D eigenvalue weighted by atomic mass is 16.1. The normalized spacial score (nSPS) is 14.3. The maximum absolute atomic E-state index is 12.6. The first-order chi connectivity index (χ1) is 14.7. The first kappa shape index (κ1) is 19.6. The van der Waals surface area contributed by atoms with E-state index in [1.165, 1.54) is 5.56 Å². The molecule has 1 N–H and O–H groups in total. The molecule has 30 heavy (non-hydrogen) atoms. The SMILES string of the molecule is N#Cc1ccc(N2CCC(C(=O)NCc3ccc(Cn4cccn4)cc3)CC2)nc1. The third kappa shape index (κ3) is 4.84. The van der Waals surface area contributed by atoms with Crippen LogP contribution in [0.5, 0.6) is 0 Å². The first-order valence-corrected chi connectivity index (χ1v) is 10.2. The van der Waals surface area contributed by atoms with Crippen molar-refractivity contribution in [3.05, 3.63) is 77.7 Å². The van der Waals surface area contributed by atoms with Crippen LogP contribution < -0.4 is 10.2 Å². The summed E-state index contributed by atoms with van der Waals surface area (Å²) in [4.78, 5) is 19.1. The zero-order valence-corrected chi connectivity index (χ0v) is 16.7. The highest BCUT2D eigenvalue weighted by molar-refractivity contribution is 5.79. The summed E-state index contributed by atoms with van der Waals surface area (Å²) in [7, 11) is 0. The molecule has 3 heterocycles. The molecule has 0 aliphatic carbocycles. The van der Waals surface area contributed by atoms with E-state index in [0.717, 1.165) is 43.9 Å². The predicted molar refractivity (Wildman–Crippen MR) is 114 cm³/mol. The molecule has 0 spiro atoms. The number of hydrogen-bond donors (Lipinski definition) is 1. The van der Waals surface area contributed by atoms with E-state index in [9.17, 15) is 4.79 Å². The molecule has 0 radical (unpaired) electrons. The van der Waals surface area contributed by atoms with Gasteiger partial charge in [0.2, 0.25) is 5.91 Å². The first-order valence-electron chi connectivity index (χ1n) is 10.2. The molecule has 1 fully saturated rings. The predicted octanol–water partition coefficient (Wildman–Crippen LogP) is 2.73. The lowest BCUT2D eigenvalue weighted by atomic mass is 9.95. The second-order valence-electron chi connectivity index (χ2n) is 7.52. The molecule has 3 aromatic rings. The topological polar surface area (TPSA) is 86.8 Å². The van der Waals surface area contributed by atoms with Crippen LogP contribution in [0, 0.1) is 17.2 Å². The Bertz CT molecular complexity index is 997. The third-order valence-electron chi connectivity index (χ3n) is 5.46. The Hall–Kier alpha value is -3.66. The van der Waals surface area contributed by atoms with Gasteiger partial charge < -0.3 is 10.2 Å². The van der Waals surface area contributed by atoms with Crippen molar-refractivity contribution in [1.82, 2.24) is 20.1 Å². The number of aromatic nitrogens is 3. The summed E-state index contributed by atoms with van der Waals surface area (Å²) in [6, 6.07) is 15.9. The standard InChI is InChI=1S/C23H24N6O/c24-14-20-6-7-22(25-16-20)28-12-8-21(9-13-28)23(30)26-15-18-2-4-19(5-3-18)17-29-11-1-10-27-29/h1-7,10-11,16,21H,8-9,12-13,15,17H2,(H,26,30). The summed E-state index contributed by atoms with van der Waals surface area (Å²) in [5, 5.41) is 16.2. The van der Waals surface area contributed by atoms with Crippen molar-refractivity contribution >= 4 is 11.7 Å². The van der Waals surface area contributed by atoms with Gasteiger partial charge in [-0.25, -0.2) is 4.98 Å². The van der Waals surface area contributed by atoms with Crippen LogP contribution >= 0.6 is 0 Å². The molecular weight excluding hydrogens is 376 g/mol. The largest absolute Gasteiger partial charge is 0.357 e. The second kappa shape index (κ2) is 9.23. The van der Waals surface area contributed by atoms with E-state index in [1.54, 1.807) is 18.5 Å². The fourth-order valence-electron chi connectivity index (χ4n) is 3.69. The highest BCUT2D eigenvalue weighted by Gasteiger charge is 2.25. The molecule has 7 heteroatoms. The number of hydrogen-bond acceptors (Lipinski definition) is 5. The molecule has 7 nitrogen and oxygen atoms in total. The maximum Gasteiger partial charge on any atom is 0.223 e. The van der Waals surface area contributed by atoms with Gasteiger partial charge >= 0.3 is 0 Å². The van der Waals surface area contributed by atoms with Crippen LogP contribution in [0.2, 0.25) is 0 Å². The molecule has 0 bridgehead atoms. The lowest BCUT2D eigenvalue weighted by Crippen LogP contribution is -2.40. The van der Waals surface area contributed by atoms with E-state index in [2.05, 4.69) is 50.6 Å². The molecule has 1 amide bonds. The number of nitriles is 1. The Balaban J connectivity index is 1.23.